The Morgan fingerprint density at radius 2 is 1.00 bits per heavy atom. The van der Waals surface area contributed by atoms with Crippen LogP contribution in [0.2, 0.25) is 0 Å². The average Bonchev–Trinajstić information content (AvgIpc) is 2.76. The Kier molecular flexibility index (Phi) is 4.23. The minimum absolute atomic E-state index is 1.21. The van der Waals surface area contributed by atoms with Crippen molar-refractivity contribution in [1.29, 1.82) is 0 Å². The van der Waals surface area contributed by atoms with E-state index in [1.165, 1.54) is 43.1 Å². The Hall–Kier alpha value is -3.64. The zero-order valence-corrected chi connectivity index (χ0v) is 15.5. The molecule has 0 heterocycles. The van der Waals surface area contributed by atoms with E-state index in [9.17, 15) is 0 Å². The molecule has 0 heteroatoms. The van der Waals surface area contributed by atoms with Crippen molar-refractivity contribution in [3.05, 3.63) is 131 Å². The summed E-state index contributed by atoms with van der Waals surface area (Å²) in [5.41, 5.74) is 2.43. The molecule has 0 aliphatic carbocycles. The van der Waals surface area contributed by atoms with E-state index in [1.807, 2.05) is 0 Å². The van der Waals surface area contributed by atoms with E-state index in [2.05, 4.69) is 121 Å². The SMILES string of the molecule is C(c1ccccc1)=c1ccc2cc3ccccc3cc2c1=Cc1ccccc1. The molecule has 0 fully saturated rings. The molecule has 0 amide bonds. The molecular weight excluding hydrogens is 336 g/mol. The van der Waals surface area contributed by atoms with Gasteiger partial charge >= 0.3 is 0 Å². The molecule has 0 saturated carbocycles. The molecule has 0 saturated heterocycles. The smallest absolute Gasteiger partial charge is 0.00988 e. The molecule has 132 valence electrons. The van der Waals surface area contributed by atoms with E-state index in [0.717, 1.165) is 0 Å². The zero-order chi connectivity index (χ0) is 18.8. The highest BCUT2D eigenvalue weighted by atomic mass is 14.1. The molecule has 0 N–H and O–H groups in total. The molecule has 0 aromatic heterocycles. The maximum atomic E-state index is 2.32. The predicted molar refractivity (Wildman–Crippen MR) is 121 cm³/mol. The van der Waals surface area contributed by atoms with Gasteiger partial charge in [0.2, 0.25) is 0 Å². The van der Waals surface area contributed by atoms with Gasteiger partial charge in [-0.2, -0.15) is 0 Å². The fourth-order valence-corrected chi connectivity index (χ4v) is 3.79. The van der Waals surface area contributed by atoms with Gasteiger partial charge in [-0.1, -0.05) is 97.1 Å². The van der Waals surface area contributed by atoms with E-state index >= 15 is 0 Å². The second-order valence-electron chi connectivity index (χ2n) is 7.10. The highest BCUT2D eigenvalue weighted by molar-refractivity contribution is 5.99. The van der Waals surface area contributed by atoms with Gasteiger partial charge in [-0.25, -0.2) is 0 Å². The first-order valence-electron chi connectivity index (χ1n) is 9.62. The van der Waals surface area contributed by atoms with Crippen molar-refractivity contribution in [3.8, 4) is 0 Å². The molecule has 0 spiro atoms. The third kappa shape index (κ3) is 3.21. The minimum Gasteiger partial charge on any atom is -0.0622 e. The maximum Gasteiger partial charge on any atom is -0.00988 e. The van der Waals surface area contributed by atoms with Gasteiger partial charge in [0.15, 0.2) is 0 Å². The molecule has 28 heavy (non-hydrogen) atoms. The van der Waals surface area contributed by atoms with Crippen molar-refractivity contribution in [1.82, 2.24) is 0 Å². The van der Waals surface area contributed by atoms with Crippen LogP contribution in [0.3, 0.4) is 0 Å². The van der Waals surface area contributed by atoms with Crippen LogP contribution in [0.15, 0.2) is 109 Å². The van der Waals surface area contributed by atoms with Gasteiger partial charge in [0.25, 0.3) is 0 Å². The molecule has 5 aromatic rings. The van der Waals surface area contributed by atoms with E-state index in [-0.39, 0.29) is 0 Å². The molecule has 0 unspecified atom stereocenters. The molecule has 0 aliphatic heterocycles. The number of rotatable bonds is 2. The first-order chi connectivity index (χ1) is 13.9. The predicted octanol–water partition coefficient (Wildman–Crippen LogP) is 5.65. The second-order valence-corrected chi connectivity index (χ2v) is 7.10. The lowest BCUT2D eigenvalue weighted by Gasteiger charge is -2.05. The maximum absolute atomic E-state index is 2.32. The first kappa shape index (κ1) is 16.5. The monoisotopic (exact) mass is 356 g/mol. The van der Waals surface area contributed by atoms with Crippen molar-refractivity contribution in [2.45, 2.75) is 0 Å². The lowest BCUT2D eigenvalue weighted by Crippen LogP contribution is -2.25. The van der Waals surface area contributed by atoms with Crippen molar-refractivity contribution < 1.29 is 0 Å². The largest absolute Gasteiger partial charge is 0.0622 e. The number of hydrogen-bond acceptors (Lipinski definition) is 0. The van der Waals surface area contributed by atoms with E-state index < -0.39 is 0 Å². The van der Waals surface area contributed by atoms with Crippen LogP contribution in [-0.4, -0.2) is 0 Å². The van der Waals surface area contributed by atoms with Crippen LogP contribution in [-0.2, 0) is 0 Å². The van der Waals surface area contributed by atoms with Crippen molar-refractivity contribution in [2.24, 2.45) is 0 Å². The van der Waals surface area contributed by atoms with E-state index in [1.54, 1.807) is 0 Å². The number of fused-ring (bicyclic) bond motifs is 2. The van der Waals surface area contributed by atoms with Gasteiger partial charge in [0.05, 0.1) is 0 Å². The van der Waals surface area contributed by atoms with Gasteiger partial charge < -0.3 is 0 Å². The highest BCUT2D eigenvalue weighted by Gasteiger charge is 2.01. The minimum atomic E-state index is 1.21. The van der Waals surface area contributed by atoms with Crippen LogP contribution in [0, 0.1) is 0 Å². The Morgan fingerprint density at radius 1 is 0.429 bits per heavy atom. The Balaban J connectivity index is 1.89. The number of benzene rings is 5. The van der Waals surface area contributed by atoms with Gasteiger partial charge in [-0.05, 0) is 67.4 Å². The molecule has 0 nitrogen and oxygen atoms in total. The summed E-state index contributed by atoms with van der Waals surface area (Å²) in [5.74, 6) is 0. The fraction of sp³-hybridized carbons (Fsp3) is 0. The van der Waals surface area contributed by atoms with E-state index in [0.29, 0.717) is 0 Å². The van der Waals surface area contributed by atoms with Crippen LogP contribution in [0.5, 0.6) is 0 Å². The molecular formula is C28H20. The molecule has 5 aromatic carbocycles. The van der Waals surface area contributed by atoms with Crippen LogP contribution < -0.4 is 10.4 Å². The van der Waals surface area contributed by atoms with Crippen molar-refractivity contribution in [3.63, 3.8) is 0 Å². The summed E-state index contributed by atoms with van der Waals surface area (Å²) in [6.07, 6.45) is 4.56. The first-order valence-corrected chi connectivity index (χ1v) is 9.62. The molecule has 0 radical (unpaired) electrons. The highest BCUT2D eigenvalue weighted by Crippen LogP contribution is 2.20. The van der Waals surface area contributed by atoms with Gasteiger partial charge in [0.1, 0.15) is 0 Å². The Labute approximate surface area is 164 Å². The summed E-state index contributed by atoms with van der Waals surface area (Å²) >= 11 is 0. The summed E-state index contributed by atoms with van der Waals surface area (Å²) in [5, 5.41) is 7.60. The van der Waals surface area contributed by atoms with Gasteiger partial charge in [0, 0.05) is 0 Å². The molecule has 0 bridgehead atoms. The molecule has 5 rings (SSSR count). The van der Waals surface area contributed by atoms with Crippen LogP contribution in [0.4, 0.5) is 0 Å². The summed E-state index contributed by atoms with van der Waals surface area (Å²) in [4.78, 5) is 0. The van der Waals surface area contributed by atoms with Crippen LogP contribution in [0.1, 0.15) is 11.1 Å². The van der Waals surface area contributed by atoms with Crippen molar-refractivity contribution >= 4 is 33.7 Å². The van der Waals surface area contributed by atoms with Crippen LogP contribution >= 0.6 is 0 Å². The lowest BCUT2D eigenvalue weighted by atomic mass is 9.99. The Morgan fingerprint density at radius 3 is 1.68 bits per heavy atom. The number of hydrogen-bond donors (Lipinski definition) is 0. The van der Waals surface area contributed by atoms with Crippen molar-refractivity contribution in [2.75, 3.05) is 0 Å². The summed E-state index contributed by atoms with van der Waals surface area (Å²) in [7, 11) is 0. The molecule has 0 aliphatic rings. The summed E-state index contributed by atoms with van der Waals surface area (Å²) in [6.45, 7) is 0. The summed E-state index contributed by atoms with van der Waals surface area (Å²) in [6, 6.07) is 38.7. The topological polar surface area (TPSA) is 0 Å². The second kappa shape index (κ2) is 7.17. The van der Waals surface area contributed by atoms with Crippen LogP contribution in [0.25, 0.3) is 33.7 Å². The van der Waals surface area contributed by atoms with Gasteiger partial charge in [-0.15, -0.1) is 0 Å². The van der Waals surface area contributed by atoms with E-state index in [4.69, 9.17) is 0 Å². The fourth-order valence-electron chi connectivity index (χ4n) is 3.79. The lowest BCUT2D eigenvalue weighted by molar-refractivity contribution is 1.54. The quantitative estimate of drug-likeness (QED) is 0.359. The third-order valence-electron chi connectivity index (χ3n) is 5.19. The third-order valence-corrected chi connectivity index (χ3v) is 5.19. The zero-order valence-electron chi connectivity index (χ0n) is 15.5. The van der Waals surface area contributed by atoms with Gasteiger partial charge in [-0.3, -0.25) is 0 Å². The standard InChI is InChI=1S/C28H20/c1-3-9-21(10-4-1)17-25-15-16-26-19-23-13-7-8-14-24(23)20-28(26)27(25)18-22-11-5-2-6-12-22/h1-20H. The summed E-state index contributed by atoms with van der Waals surface area (Å²) < 4.78 is 0. The Bertz CT molecular complexity index is 1380. The average molecular weight is 356 g/mol. The molecule has 0 atom stereocenters. The normalized spacial score (nSPS) is 12.7.